The van der Waals surface area contributed by atoms with E-state index in [0.29, 0.717) is 11.5 Å². The van der Waals surface area contributed by atoms with Gasteiger partial charge in [0.25, 0.3) is 0 Å². The van der Waals surface area contributed by atoms with Gasteiger partial charge in [0.1, 0.15) is 11.5 Å². The molecule has 1 aliphatic heterocycles. The average molecular weight is 645 g/mol. The molecule has 0 saturated heterocycles. The van der Waals surface area contributed by atoms with Crippen LogP contribution in [0.25, 0.3) is 39.1 Å². The van der Waals surface area contributed by atoms with Gasteiger partial charge >= 0.3 is 0 Å². The monoisotopic (exact) mass is 644 g/mol. The quantitative estimate of drug-likeness (QED) is 0.165. The lowest BCUT2D eigenvalue weighted by atomic mass is 9.71. The molecule has 6 aromatic carbocycles. The van der Waals surface area contributed by atoms with Crippen LogP contribution in [-0.4, -0.2) is 21.3 Å². The molecule has 0 bridgehead atoms. The molecule has 0 spiro atoms. The Morgan fingerprint density at radius 2 is 1.20 bits per heavy atom. The number of hydrogen-bond acceptors (Lipinski definition) is 4. The number of methoxy groups -OCH3 is 3. The number of hydrogen-bond donors (Lipinski definition) is 0. The fourth-order valence-corrected chi connectivity index (χ4v) is 8.34. The third kappa shape index (κ3) is 4.50. The largest absolute Gasteiger partial charge is 0.497 e. The van der Waals surface area contributed by atoms with Crippen LogP contribution in [0.2, 0.25) is 0 Å². The van der Waals surface area contributed by atoms with Gasteiger partial charge in [-0.1, -0.05) is 111 Å². The highest BCUT2D eigenvalue weighted by atomic mass is 16.5. The summed E-state index contributed by atoms with van der Waals surface area (Å²) in [7, 11) is 5.08. The van der Waals surface area contributed by atoms with Crippen molar-refractivity contribution >= 4 is 16.8 Å². The molecule has 0 aromatic heterocycles. The minimum Gasteiger partial charge on any atom is -0.497 e. The Morgan fingerprint density at radius 1 is 0.612 bits per heavy atom. The van der Waals surface area contributed by atoms with Crippen LogP contribution < -0.4 is 18.9 Å². The van der Waals surface area contributed by atoms with Gasteiger partial charge in [-0.05, 0) is 82.0 Å². The van der Waals surface area contributed by atoms with Gasteiger partial charge in [-0.25, -0.2) is 0 Å². The molecule has 1 unspecified atom stereocenters. The van der Waals surface area contributed by atoms with E-state index >= 15 is 0 Å². The van der Waals surface area contributed by atoms with Crippen molar-refractivity contribution in [2.45, 2.75) is 37.7 Å². The standard InChI is InChI=1S/C45H40O4/c1-6-44(7-2)38-16-12-11-15-34(38)41-36-27-39(47-4)40(48-5)28-37(36)43-35(42(41)44)25-26-45(49-43,32-21-23-33(46-3)24-22-32)31-19-17-30(18-20-31)29-13-9-8-10-14-29/h8-28H,6-7H2,1-5H3. The summed E-state index contributed by atoms with van der Waals surface area (Å²) in [5.74, 6) is 3.01. The summed E-state index contributed by atoms with van der Waals surface area (Å²) in [5, 5.41) is 2.09. The van der Waals surface area contributed by atoms with Crippen molar-refractivity contribution in [3.05, 3.63) is 149 Å². The molecule has 0 fully saturated rings. The van der Waals surface area contributed by atoms with Crippen LogP contribution in [0.15, 0.2) is 121 Å². The first-order valence-electron chi connectivity index (χ1n) is 17.1. The average Bonchev–Trinajstić information content (AvgIpc) is 3.48. The predicted octanol–water partition coefficient (Wildman–Crippen LogP) is 11.0. The lowest BCUT2D eigenvalue weighted by Gasteiger charge is -2.39. The summed E-state index contributed by atoms with van der Waals surface area (Å²) in [4.78, 5) is 0. The second kappa shape index (κ2) is 11.9. The number of rotatable bonds is 8. The molecule has 2 aliphatic rings. The van der Waals surface area contributed by atoms with Gasteiger partial charge in [0, 0.05) is 27.5 Å². The van der Waals surface area contributed by atoms with Crippen molar-refractivity contribution in [1.29, 1.82) is 0 Å². The summed E-state index contributed by atoms with van der Waals surface area (Å²) >= 11 is 0. The van der Waals surface area contributed by atoms with Gasteiger partial charge in [-0.2, -0.15) is 0 Å². The summed E-state index contributed by atoms with van der Waals surface area (Å²) in [6, 6.07) is 40.6. The molecule has 49 heavy (non-hydrogen) atoms. The van der Waals surface area contributed by atoms with E-state index in [1.54, 1.807) is 21.3 Å². The highest BCUT2D eigenvalue weighted by Gasteiger charge is 2.47. The second-order valence-corrected chi connectivity index (χ2v) is 12.9. The van der Waals surface area contributed by atoms with Crippen LogP contribution in [0.4, 0.5) is 0 Å². The van der Waals surface area contributed by atoms with Crippen LogP contribution in [0, 0.1) is 0 Å². The Labute approximate surface area is 288 Å². The smallest absolute Gasteiger partial charge is 0.178 e. The minimum atomic E-state index is -0.907. The first-order chi connectivity index (χ1) is 24.0. The zero-order chi connectivity index (χ0) is 33.8. The fraction of sp³-hybridized carbons (Fsp3) is 0.200. The highest BCUT2D eigenvalue weighted by molar-refractivity contribution is 6.09. The zero-order valence-electron chi connectivity index (χ0n) is 28.7. The highest BCUT2D eigenvalue weighted by Crippen LogP contribution is 2.61. The second-order valence-electron chi connectivity index (χ2n) is 12.9. The predicted molar refractivity (Wildman–Crippen MR) is 199 cm³/mol. The number of benzene rings is 6. The first-order valence-corrected chi connectivity index (χ1v) is 17.1. The SMILES string of the molecule is CCC1(CC)c2ccccc2-c2c1c1c(c3cc(OC)c(OC)cc23)OC(c2ccc(OC)cc2)(c2ccc(-c3ccccc3)cc2)C=C1. The van der Waals surface area contributed by atoms with Gasteiger partial charge in [0.05, 0.1) is 21.3 Å². The van der Waals surface area contributed by atoms with E-state index in [2.05, 4.69) is 123 Å². The van der Waals surface area contributed by atoms with E-state index in [1.165, 1.54) is 27.8 Å². The van der Waals surface area contributed by atoms with Crippen LogP contribution in [0.5, 0.6) is 23.0 Å². The molecule has 8 rings (SSSR count). The molecule has 1 heterocycles. The number of fused-ring (bicyclic) bond motifs is 8. The van der Waals surface area contributed by atoms with E-state index in [9.17, 15) is 0 Å². The van der Waals surface area contributed by atoms with Crippen molar-refractivity contribution in [1.82, 2.24) is 0 Å². The minimum absolute atomic E-state index is 0.164. The van der Waals surface area contributed by atoms with E-state index in [0.717, 1.165) is 57.4 Å². The lowest BCUT2D eigenvalue weighted by molar-refractivity contribution is 0.163. The summed E-state index contributed by atoms with van der Waals surface area (Å²) < 4.78 is 24.9. The molecule has 1 aliphatic carbocycles. The van der Waals surface area contributed by atoms with Crippen LogP contribution in [0.1, 0.15) is 54.5 Å². The molecule has 4 heteroatoms. The summed E-state index contributed by atoms with van der Waals surface area (Å²) in [6.45, 7) is 4.62. The Balaban J connectivity index is 1.43. The van der Waals surface area contributed by atoms with Crippen molar-refractivity contribution in [3.8, 4) is 45.3 Å². The molecule has 0 N–H and O–H groups in total. The van der Waals surface area contributed by atoms with E-state index in [-0.39, 0.29) is 5.41 Å². The molecule has 6 aromatic rings. The van der Waals surface area contributed by atoms with E-state index in [1.807, 2.05) is 18.2 Å². The molecule has 0 saturated carbocycles. The molecule has 0 amide bonds. The molecular formula is C45H40O4. The third-order valence-corrected chi connectivity index (χ3v) is 10.9. The summed E-state index contributed by atoms with van der Waals surface area (Å²) in [6.07, 6.45) is 6.50. The van der Waals surface area contributed by atoms with Gasteiger partial charge in [-0.15, -0.1) is 0 Å². The van der Waals surface area contributed by atoms with Crippen LogP contribution >= 0.6 is 0 Å². The Bertz CT molecular complexity index is 2210. The van der Waals surface area contributed by atoms with Crippen LogP contribution in [-0.2, 0) is 11.0 Å². The van der Waals surface area contributed by atoms with Crippen molar-refractivity contribution in [2.75, 3.05) is 21.3 Å². The topological polar surface area (TPSA) is 36.9 Å². The van der Waals surface area contributed by atoms with Gasteiger partial charge in [-0.3, -0.25) is 0 Å². The lowest BCUT2D eigenvalue weighted by Crippen LogP contribution is -2.35. The Kier molecular flexibility index (Phi) is 7.48. The molecule has 1 atom stereocenters. The van der Waals surface area contributed by atoms with Crippen molar-refractivity contribution < 1.29 is 18.9 Å². The number of ether oxygens (including phenoxy) is 4. The third-order valence-electron chi connectivity index (χ3n) is 10.9. The molecular weight excluding hydrogens is 604 g/mol. The fourth-order valence-electron chi connectivity index (χ4n) is 8.34. The maximum atomic E-state index is 7.58. The van der Waals surface area contributed by atoms with Gasteiger partial charge in [0.2, 0.25) is 0 Å². The Hall–Kier alpha value is -5.48. The molecule has 244 valence electrons. The first kappa shape index (κ1) is 30.8. The molecule has 0 radical (unpaired) electrons. The zero-order valence-corrected chi connectivity index (χ0v) is 28.7. The maximum Gasteiger partial charge on any atom is 0.178 e. The maximum absolute atomic E-state index is 7.58. The van der Waals surface area contributed by atoms with Gasteiger partial charge < -0.3 is 18.9 Å². The normalized spacial score (nSPS) is 16.8. The van der Waals surface area contributed by atoms with Crippen molar-refractivity contribution in [3.63, 3.8) is 0 Å². The Morgan fingerprint density at radius 3 is 1.84 bits per heavy atom. The van der Waals surface area contributed by atoms with Crippen LogP contribution in [0.3, 0.4) is 0 Å². The van der Waals surface area contributed by atoms with Gasteiger partial charge in [0.15, 0.2) is 17.1 Å². The molecule has 4 nitrogen and oxygen atoms in total. The van der Waals surface area contributed by atoms with Crippen molar-refractivity contribution in [2.24, 2.45) is 0 Å². The summed E-state index contributed by atoms with van der Waals surface area (Å²) in [5.41, 5.74) is 9.66. The van der Waals surface area contributed by atoms with E-state index in [4.69, 9.17) is 18.9 Å². The van der Waals surface area contributed by atoms with E-state index < -0.39 is 5.60 Å².